The Kier molecular flexibility index (Phi) is 6.48. The molecule has 1 fully saturated rings. The van der Waals surface area contributed by atoms with Crippen molar-refractivity contribution in [2.24, 2.45) is 0 Å². The van der Waals surface area contributed by atoms with Crippen LogP contribution in [0.5, 0.6) is 0 Å². The lowest BCUT2D eigenvalue weighted by Crippen LogP contribution is -2.55. The van der Waals surface area contributed by atoms with Gasteiger partial charge in [-0.25, -0.2) is 4.39 Å². The van der Waals surface area contributed by atoms with Gasteiger partial charge in [-0.05, 0) is 37.6 Å². The number of pyridine rings is 1. The number of benzene rings is 2. The highest BCUT2D eigenvalue weighted by Crippen LogP contribution is 2.43. The van der Waals surface area contributed by atoms with E-state index in [2.05, 4.69) is 33.9 Å². The van der Waals surface area contributed by atoms with E-state index in [0.29, 0.717) is 29.7 Å². The van der Waals surface area contributed by atoms with Crippen molar-refractivity contribution >= 4 is 45.0 Å². The Bertz CT molecular complexity index is 1710. The molecule has 8 nitrogen and oxygen atoms in total. The summed E-state index contributed by atoms with van der Waals surface area (Å²) >= 11 is 6.80. The molecule has 0 bridgehead atoms. The maximum Gasteiger partial charge on any atom is 0.246 e. The van der Waals surface area contributed by atoms with Crippen molar-refractivity contribution in [2.75, 3.05) is 24.5 Å². The van der Waals surface area contributed by atoms with Crippen LogP contribution in [0.3, 0.4) is 0 Å². The Labute approximate surface area is 223 Å². The fraction of sp³-hybridized carbons (Fsp3) is 0.250. The molecule has 4 aromatic rings. The number of carbonyl (C=O) groups is 1. The molecule has 0 spiro atoms. The molecular weight excluding hydrogens is 505 g/mol. The average molecular weight is 528 g/mol. The molecule has 0 saturated carbocycles. The number of hydrogen-bond donors (Lipinski definition) is 1. The van der Waals surface area contributed by atoms with Crippen molar-refractivity contribution < 1.29 is 9.18 Å². The summed E-state index contributed by atoms with van der Waals surface area (Å²) in [5.74, 6) is -0.855. The monoisotopic (exact) mass is 527 g/mol. The molecule has 1 amide bonds. The van der Waals surface area contributed by atoms with Gasteiger partial charge in [0.2, 0.25) is 5.91 Å². The van der Waals surface area contributed by atoms with E-state index in [4.69, 9.17) is 11.6 Å². The van der Waals surface area contributed by atoms with Gasteiger partial charge in [0.25, 0.3) is 0 Å². The SMILES string of the molecule is C=CC(=O)N1CCN(c2c(C#N)cnc3c(F)c(-c4c(C)ccc5[nH]nc(C)c45)c(Cl)cc23)CC1CC#N. The number of rotatable bonds is 4. The number of nitrogens with zero attached hydrogens (tertiary/aromatic N) is 6. The van der Waals surface area contributed by atoms with E-state index in [1.54, 1.807) is 11.0 Å². The molecule has 190 valence electrons. The second-order valence-corrected chi connectivity index (χ2v) is 9.67. The highest BCUT2D eigenvalue weighted by Gasteiger charge is 2.32. The van der Waals surface area contributed by atoms with E-state index in [9.17, 15) is 15.3 Å². The molecule has 1 aliphatic rings. The summed E-state index contributed by atoms with van der Waals surface area (Å²) in [5.41, 5.74) is 3.99. The molecule has 1 saturated heterocycles. The van der Waals surface area contributed by atoms with E-state index in [1.165, 1.54) is 12.3 Å². The van der Waals surface area contributed by atoms with Crippen molar-refractivity contribution in [1.82, 2.24) is 20.1 Å². The summed E-state index contributed by atoms with van der Waals surface area (Å²) in [6.45, 7) is 8.27. The fourth-order valence-electron chi connectivity index (χ4n) is 5.35. The normalized spacial score (nSPS) is 15.5. The highest BCUT2D eigenvalue weighted by molar-refractivity contribution is 6.35. The van der Waals surface area contributed by atoms with Crippen LogP contribution in [0.4, 0.5) is 10.1 Å². The zero-order valence-corrected chi connectivity index (χ0v) is 21.6. The Hall–Kier alpha value is -4.47. The van der Waals surface area contributed by atoms with E-state index in [1.807, 2.05) is 30.9 Å². The first-order chi connectivity index (χ1) is 18.3. The number of amides is 1. The minimum Gasteiger partial charge on any atom is -0.366 e. The number of aromatic nitrogens is 3. The standard InChI is InChI=1S/C28H23ClFN7O/c1-4-22(38)37-10-9-36(14-18(37)7-8-31)28-17(12-32)13-33-27-19(28)11-20(29)25(26(27)30)23-15(2)5-6-21-24(23)16(3)34-35-21/h4-6,11,13,18H,1,7,9-10,14H2,2-3H3,(H,34,35). The second kappa shape index (κ2) is 9.77. The fourth-order valence-corrected chi connectivity index (χ4v) is 5.63. The third-order valence-corrected chi connectivity index (χ3v) is 7.40. The number of nitrogens with one attached hydrogen (secondary N) is 1. The number of hydrogen-bond acceptors (Lipinski definition) is 6. The van der Waals surface area contributed by atoms with Gasteiger partial charge in [-0.15, -0.1) is 0 Å². The molecule has 38 heavy (non-hydrogen) atoms. The van der Waals surface area contributed by atoms with Crippen molar-refractivity contribution in [2.45, 2.75) is 26.3 Å². The minimum absolute atomic E-state index is 0.0809. The van der Waals surface area contributed by atoms with Crippen LogP contribution in [0.25, 0.3) is 32.9 Å². The first-order valence-corrected chi connectivity index (χ1v) is 12.4. The van der Waals surface area contributed by atoms with Gasteiger partial charge >= 0.3 is 0 Å². The molecule has 0 aliphatic carbocycles. The predicted molar refractivity (Wildman–Crippen MR) is 144 cm³/mol. The highest BCUT2D eigenvalue weighted by atomic mass is 35.5. The van der Waals surface area contributed by atoms with Crippen molar-refractivity contribution in [3.63, 3.8) is 0 Å². The molecule has 2 aromatic carbocycles. The number of carbonyl (C=O) groups excluding carboxylic acids is 1. The molecular formula is C28H23ClFN7O. The number of H-pyrrole nitrogens is 1. The van der Waals surface area contributed by atoms with Crippen molar-refractivity contribution in [1.29, 1.82) is 10.5 Å². The Morgan fingerprint density at radius 3 is 2.82 bits per heavy atom. The summed E-state index contributed by atoms with van der Waals surface area (Å²) in [6.07, 6.45) is 2.69. The van der Waals surface area contributed by atoms with E-state index >= 15 is 4.39 Å². The first-order valence-electron chi connectivity index (χ1n) is 12.0. The second-order valence-electron chi connectivity index (χ2n) is 9.26. The topological polar surface area (TPSA) is 113 Å². The van der Waals surface area contributed by atoms with Crippen LogP contribution in [0.2, 0.25) is 5.02 Å². The number of piperazine rings is 1. The number of anilines is 1. The van der Waals surface area contributed by atoms with Gasteiger partial charge in [-0.2, -0.15) is 15.6 Å². The zero-order chi connectivity index (χ0) is 27.1. The molecule has 5 rings (SSSR count). The van der Waals surface area contributed by atoms with Crippen LogP contribution in [0.1, 0.15) is 23.2 Å². The van der Waals surface area contributed by atoms with E-state index in [0.717, 1.165) is 22.2 Å². The van der Waals surface area contributed by atoms with Crippen molar-refractivity contribution in [3.05, 3.63) is 64.7 Å². The molecule has 3 heterocycles. The smallest absolute Gasteiger partial charge is 0.246 e. The number of nitriles is 2. The van der Waals surface area contributed by atoms with Gasteiger partial charge in [0.1, 0.15) is 11.6 Å². The van der Waals surface area contributed by atoms with Gasteiger partial charge in [-0.1, -0.05) is 24.2 Å². The molecule has 0 radical (unpaired) electrons. The van der Waals surface area contributed by atoms with Gasteiger partial charge in [0, 0.05) is 47.7 Å². The third-order valence-electron chi connectivity index (χ3n) is 7.10. The summed E-state index contributed by atoms with van der Waals surface area (Å²) in [4.78, 5) is 20.2. The summed E-state index contributed by atoms with van der Waals surface area (Å²) < 4.78 is 16.4. The zero-order valence-electron chi connectivity index (χ0n) is 20.8. The van der Waals surface area contributed by atoms with Crippen LogP contribution >= 0.6 is 11.6 Å². The van der Waals surface area contributed by atoms with Crippen LogP contribution in [0, 0.1) is 42.3 Å². The van der Waals surface area contributed by atoms with Gasteiger partial charge in [0.05, 0.1) is 46.0 Å². The van der Waals surface area contributed by atoms with Crippen LogP contribution in [-0.2, 0) is 4.79 Å². The minimum atomic E-state index is -0.594. The predicted octanol–water partition coefficient (Wildman–Crippen LogP) is 5.18. The molecule has 1 aliphatic heterocycles. The van der Waals surface area contributed by atoms with Crippen molar-refractivity contribution in [3.8, 4) is 23.3 Å². The first kappa shape index (κ1) is 25.2. The largest absolute Gasteiger partial charge is 0.366 e. The lowest BCUT2D eigenvalue weighted by molar-refractivity contribution is -0.128. The lowest BCUT2D eigenvalue weighted by Gasteiger charge is -2.41. The number of fused-ring (bicyclic) bond motifs is 2. The Balaban J connectivity index is 1.71. The number of halogens is 2. The quantitative estimate of drug-likeness (QED) is 0.366. The van der Waals surface area contributed by atoms with Gasteiger partial charge in [0.15, 0.2) is 5.82 Å². The molecule has 2 aromatic heterocycles. The lowest BCUT2D eigenvalue weighted by atomic mass is 9.93. The average Bonchev–Trinajstić information content (AvgIpc) is 3.29. The third kappa shape index (κ3) is 3.93. The molecule has 1 atom stereocenters. The number of aryl methyl sites for hydroxylation is 2. The molecule has 10 heteroatoms. The summed E-state index contributed by atoms with van der Waals surface area (Å²) in [5, 5.41) is 27.9. The number of aromatic amines is 1. The van der Waals surface area contributed by atoms with E-state index in [-0.39, 0.29) is 40.5 Å². The molecule has 1 N–H and O–H groups in total. The summed E-state index contributed by atoms with van der Waals surface area (Å²) in [7, 11) is 0. The van der Waals surface area contributed by atoms with Crippen LogP contribution in [0.15, 0.2) is 37.1 Å². The summed E-state index contributed by atoms with van der Waals surface area (Å²) in [6, 6.07) is 9.29. The van der Waals surface area contributed by atoms with Gasteiger partial charge in [-0.3, -0.25) is 14.9 Å². The Morgan fingerprint density at radius 1 is 1.32 bits per heavy atom. The van der Waals surface area contributed by atoms with E-state index < -0.39 is 11.9 Å². The maximum absolute atomic E-state index is 16.4. The van der Waals surface area contributed by atoms with Gasteiger partial charge < -0.3 is 9.80 Å². The Morgan fingerprint density at radius 2 is 2.11 bits per heavy atom. The van der Waals surface area contributed by atoms with Crippen LogP contribution in [-0.4, -0.2) is 51.7 Å². The maximum atomic E-state index is 16.4. The molecule has 1 unspecified atom stereocenters. The van der Waals surface area contributed by atoms with Crippen LogP contribution < -0.4 is 4.90 Å².